The third kappa shape index (κ3) is 1.32. The van der Waals surface area contributed by atoms with Crippen molar-refractivity contribution in [2.45, 2.75) is 6.04 Å². The quantitative estimate of drug-likeness (QED) is 0.498. The Labute approximate surface area is 80.0 Å². The molecule has 0 unspecified atom stereocenters. The van der Waals surface area contributed by atoms with Gasteiger partial charge in [-0.05, 0) is 0 Å². The molecule has 0 aromatic carbocycles. The van der Waals surface area contributed by atoms with Crippen LogP contribution in [0.3, 0.4) is 0 Å². The average Bonchev–Trinajstić information content (AvgIpc) is 2.87. The van der Waals surface area contributed by atoms with Gasteiger partial charge in [-0.1, -0.05) is 17.3 Å². The average molecular weight is 192 g/mol. The zero-order chi connectivity index (χ0) is 9.97. The predicted octanol–water partition coefficient (Wildman–Crippen LogP) is 0.254. The third-order valence-corrected chi connectivity index (χ3v) is 2.04. The molecule has 0 saturated carbocycles. The lowest BCUT2D eigenvalue weighted by atomic mass is 10.3. The van der Waals surface area contributed by atoms with Gasteiger partial charge in [0.15, 0.2) is 0 Å². The maximum atomic E-state index is 11.7. The molecule has 2 rings (SSSR count). The van der Waals surface area contributed by atoms with Crippen molar-refractivity contribution in [3.05, 3.63) is 30.2 Å². The maximum absolute atomic E-state index is 11.7. The van der Waals surface area contributed by atoms with Crippen LogP contribution in [0.4, 0.5) is 0 Å². The number of aldehydes is 1. The van der Waals surface area contributed by atoms with E-state index >= 15 is 0 Å². The molecule has 14 heavy (non-hydrogen) atoms. The Bertz CT molecular complexity index is 369. The van der Waals surface area contributed by atoms with E-state index in [4.69, 9.17) is 4.52 Å². The van der Waals surface area contributed by atoms with Gasteiger partial charge in [-0.15, -0.1) is 0 Å². The summed E-state index contributed by atoms with van der Waals surface area (Å²) in [5.74, 6) is -0.162. The molecule has 1 atom stereocenters. The summed E-state index contributed by atoms with van der Waals surface area (Å²) >= 11 is 0. The Morgan fingerprint density at radius 3 is 3.21 bits per heavy atom. The van der Waals surface area contributed by atoms with Gasteiger partial charge in [0.2, 0.25) is 5.76 Å². The van der Waals surface area contributed by atoms with E-state index in [1.54, 1.807) is 12.2 Å². The van der Waals surface area contributed by atoms with E-state index in [0.29, 0.717) is 6.54 Å². The highest BCUT2D eigenvalue weighted by Crippen LogP contribution is 2.12. The van der Waals surface area contributed by atoms with Gasteiger partial charge in [-0.3, -0.25) is 4.79 Å². The lowest BCUT2D eigenvalue weighted by Gasteiger charge is -2.18. The van der Waals surface area contributed by atoms with Gasteiger partial charge in [0.1, 0.15) is 12.3 Å². The van der Waals surface area contributed by atoms with Crippen LogP contribution in [0.25, 0.3) is 0 Å². The van der Waals surface area contributed by atoms with E-state index in [2.05, 4.69) is 5.16 Å². The number of hydrogen-bond donors (Lipinski definition) is 0. The minimum absolute atomic E-state index is 0.153. The fraction of sp³-hybridized carbons (Fsp3) is 0.222. The van der Waals surface area contributed by atoms with Gasteiger partial charge >= 0.3 is 0 Å². The highest BCUT2D eigenvalue weighted by Gasteiger charge is 2.26. The van der Waals surface area contributed by atoms with Crippen molar-refractivity contribution in [2.75, 3.05) is 6.54 Å². The van der Waals surface area contributed by atoms with Crippen LogP contribution in [0.2, 0.25) is 0 Å². The zero-order valence-electron chi connectivity index (χ0n) is 7.29. The van der Waals surface area contributed by atoms with Gasteiger partial charge in [0.05, 0.1) is 6.20 Å². The van der Waals surface area contributed by atoms with Crippen LogP contribution in [-0.4, -0.2) is 34.8 Å². The number of rotatable bonds is 2. The molecule has 1 amide bonds. The molecule has 0 fully saturated rings. The molecule has 5 heteroatoms. The zero-order valence-corrected chi connectivity index (χ0v) is 7.29. The van der Waals surface area contributed by atoms with Crippen LogP contribution < -0.4 is 0 Å². The first-order valence-corrected chi connectivity index (χ1v) is 4.16. The molecule has 0 radical (unpaired) electrons. The molecule has 0 aliphatic carbocycles. The highest BCUT2D eigenvalue weighted by atomic mass is 16.5. The van der Waals surface area contributed by atoms with Crippen LogP contribution in [0, 0.1) is 0 Å². The van der Waals surface area contributed by atoms with Crippen LogP contribution in [0.1, 0.15) is 10.6 Å². The second-order valence-corrected chi connectivity index (χ2v) is 2.89. The molecule has 0 N–H and O–H groups in total. The standard InChI is InChI=1S/C9H8N2O3/c12-6-7-2-1-5-11(7)9(13)8-3-4-10-14-8/h1-4,6-7H,5H2/t7-/m0/s1. The SMILES string of the molecule is O=C[C@@H]1C=CCN1C(=O)c1ccno1. The molecule has 1 aromatic heterocycles. The van der Waals surface area contributed by atoms with Crippen molar-refractivity contribution >= 4 is 12.2 Å². The van der Waals surface area contributed by atoms with Crippen molar-refractivity contribution < 1.29 is 14.1 Å². The first kappa shape index (κ1) is 8.68. The molecule has 5 nitrogen and oxygen atoms in total. The fourth-order valence-electron chi connectivity index (χ4n) is 1.34. The van der Waals surface area contributed by atoms with E-state index in [1.165, 1.54) is 17.2 Å². The van der Waals surface area contributed by atoms with Crippen LogP contribution in [-0.2, 0) is 4.79 Å². The molecule has 0 bridgehead atoms. The Hall–Kier alpha value is -1.91. The van der Waals surface area contributed by atoms with E-state index in [-0.39, 0.29) is 11.7 Å². The van der Waals surface area contributed by atoms with Crippen LogP contribution in [0.15, 0.2) is 28.9 Å². The second kappa shape index (κ2) is 3.45. The molecular formula is C9H8N2O3. The minimum atomic E-state index is -0.479. The molecule has 72 valence electrons. The minimum Gasteiger partial charge on any atom is -0.351 e. The number of amides is 1. The first-order chi connectivity index (χ1) is 6.83. The first-order valence-electron chi connectivity index (χ1n) is 4.16. The largest absolute Gasteiger partial charge is 0.351 e. The molecule has 0 spiro atoms. The number of hydrogen-bond acceptors (Lipinski definition) is 4. The number of carbonyl (C=O) groups excluding carboxylic acids is 2. The summed E-state index contributed by atoms with van der Waals surface area (Å²) < 4.78 is 4.72. The van der Waals surface area contributed by atoms with Gasteiger partial charge < -0.3 is 14.2 Å². The van der Waals surface area contributed by atoms with Crippen molar-refractivity contribution in [2.24, 2.45) is 0 Å². The molecule has 1 aliphatic rings. The third-order valence-electron chi connectivity index (χ3n) is 2.04. The van der Waals surface area contributed by atoms with E-state index in [1.807, 2.05) is 0 Å². The Morgan fingerprint density at radius 2 is 2.57 bits per heavy atom. The monoisotopic (exact) mass is 192 g/mol. The Kier molecular flexibility index (Phi) is 2.14. The van der Waals surface area contributed by atoms with Gasteiger partial charge in [0, 0.05) is 12.6 Å². The van der Waals surface area contributed by atoms with Crippen LogP contribution in [0.5, 0.6) is 0 Å². The number of nitrogens with zero attached hydrogens (tertiary/aromatic N) is 2. The number of aromatic nitrogens is 1. The number of carbonyl (C=O) groups is 2. The summed E-state index contributed by atoms with van der Waals surface area (Å²) in [7, 11) is 0. The fourth-order valence-corrected chi connectivity index (χ4v) is 1.34. The van der Waals surface area contributed by atoms with Crippen molar-refractivity contribution in [1.82, 2.24) is 10.1 Å². The Balaban J connectivity index is 2.17. The molecule has 1 aliphatic heterocycles. The van der Waals surface area contributed by atoms with Crippen molar-refractivity contribution in [1.29, 1.82) is 0 Å². The van der Waals surface area contributed by atoms with Gasteiger partial charge in [-0.25, -0.2) is 0 Å². The topological polar surface area (TPSA) is 63.4 Å². The lowest BCUT2D eigenvalue weighted by Crippen LogP contribution is -2.36. The summed E-state index contributed by atoms with van der Waals surface area (Å²) in [4.78, 5) is 23.7. The summed E-state index contributed by atoms with van der Waals surface area (Å²) in [6.45, 7) is 0.433. The predicted molar refractivity (Wildman–Crippen MR) is 46.5 cm³/mol. The summed E-state index contributed by atoms with van der Waals surface area (Å²) in [5, 5.41) is 3.43. The van der Waals surface area contributed by atoms with E-state index in [0.717, 1.165) is 6.29 Å². The van der Waals surface area contributed by atoms with Crippen LogP contribution >= 0.6 is 0 Å². The van der Waals surface area contributed by atoms with Gasteiger partial charge in [-0.2, -0.15) is 0 Å². The highest BCUT2D eigenvalue weighted by molar-refractivity contribution is 5.93. The smallest absolute Gasteiger partial charge is 0.293 e. The molecular weight excluding hydrogens is 184 g/mol. The normalized spacial score (nSPS) is 20.0. The van der Waals surface area contributed by atoms with Crippen molar-refractivity contribution in [3.63, 3.8) is 0 Å². The molecule has 1 aromatic rings. The van der Waals surface area contributed by atoms with E-state index < -0.39 is 6.04 Å². The van der Waals surface area contributed by atoms with Crippen molar-refractivity contribution in [3.8, 4) is 0 Å². The summed E-state index contributed by atoms with van der Waals surface area (Å²) in [6, 6.07) is 0.996. The lowest BCUT2D eigenvalue weighted by molar-refractivity contribution is -0.110. The molecule has 0 saturated heterocycles. The summed E-state index contributed by atoms with van der Waals surface area (Å²) in [6.07, 6.45) is 5.57. The Morgan fingerprint density at radius 1 is 1.71 bits per heavy atom. The second-order valence-electron chi connectivity index (χ2n) is 2.89. The van der Waals surface area contributed by atoms with E-state index in [9.17, 15) is 9.59 Å². The van der Waals surface area contributed by atoms with Gasteiger partial charge in [0.25, 0.3) is 5.91 Å². The maximum Gasteiger partial charge on any atom is 0.293 e. The molecule has 2 heterocycles. The summed E-state index contributed by atoms with van der Waals surface area (Å²) in [5.41, 5.74) is 0.